The van der Waals surface area contributed by atoms with Crippen molar-refractivity contribution in [3.8, 4) is 5.75 Å². The third kappa shape index (κ3) is 1.15. The molecule has 0 saturated heterocycles. The lowest BCUT2D eigenvalue weighted by Gasteiger charge is -2.03. The molecule has 3 nitrogen and oxygen atoms in total. The Kier molecular flexibility index (Phi) is 1.93. The second-order valence-corrected chi connectivity index (χ2v) is 3.95. The first-order valence-electron chi connectivity index (χ1n) is 4.04. The largest absolute Gasteiger partial charge is 0.508 e. The second-order valence-electron chi connectivity index (χ2n) is 3.04. The number of aryl methyl sites for hydroxylation is 1. The van der Waals surface area contributed by atoms with Crippen LogP contribution < -0.4 is 0 Å². The number of fused-ring (bicyclic) bond motifs is 1. The van der Waals surface area contributed by atoms with Crippen molar-refractivity contribution in [2.24, 2.45) is 0 Å². The van der Waals surface area contributed by atoms with Crippen molar-refractivity contribution in [2.45, 2.75) is 6.92 Å². The summed E-state index contributed by atoms with van der Waals surface area (Å²) in [4.78, 5) is 10.9. The number of carbonyl (C=O) groups is 1. The van der Waals surface area contributed by atoms with Gasteiger partial charge in [-0.1, -0.05) is 0 Å². The van der Waals surface area contributed by atoms with Gasteiger partial charge in [0.25, 0.3) is 0 Å². The van der Waals surface area contributed by atoms with E-state index >= 15 is 0 Å². The van der Waals surface area contributed by atoms with Gasteiger partial charge in [0, 0.05) is 4.70 Å². The van der Waals surface area contributed by atoms with Gasteiger partial charge in [0.1, 0.15) is 5.75 Å². The number of rotatable bonds is 1. The molecule has 0 aliphatic heterocycles. The van der Waals surface area contributed by atoms with Crippen LogP contribution in [0.5, 0.6) is 5.75 Å². The molecule has 14 heavy (non-hydrogen) atoms. The van der Waals surface area contributed by atoms with Crippen LogP contribution in [0.1, 0.15) is 15.9 Å². The van der Waals surface area contributed by atoms with E-state index in [9.17, 15) is 9.90 Å². The van der Waals surface area contributed by atoms with E-state index in [0.29, 0.717) is 4.70 Å². The van der Waals surface area contributed by atoms with E-state index in [1.807, 2.05) is 11.4 Å². The number of carboxylic acid groups (broad SMARTS) is 1. The maximum atomic E-state index is 10.9. The van der Waals surface area contributed by atoms with Gasteiger partial charge in [-0.3, -0.25) is 0 Å². The van der Waals surface area contributed by atoms with Crippen LogP contribution in [-0.2, 0) is 0 Å². The number of carboxylic acids is 1. The Morgan fingerprint density at radius 3 is 2.86 bits per heavy atom. The van der Waals surface area contributed by atoms with Gasteiger partial charge in [0.15, 0.2) is 0 Å². The van der Waals surface area contributed by atoms with Gasteiger partial charge in [-0.2, -0.15) is 0 Å². The number of hydrogen-bond donors (Lipinski definition) is 2. The number of hydrogen-bond acceptors (Lipinski definition) is 3. The monoisotopic (exact) mass is 208 g/mol. The lowest BCUT2D eigenvalue weighted by molar-refractivity contribution is 0.0699. The van der Waals surface area contributed by atoms with E-state index in [0.717, 1.165) is 10.9 Å². The summed E-state index contributed by atoms with van der Waals surface area (Å²) in [5.74, 6) is -0.971. The second kappa shape index (κ2) is 2.99. The molecule has 0 radical (unpaired) electrons. The van der Waals surface area contributed by atoms with E-state index in [1.54, 1.807) is 6.92 Å². The zero-order valence-electron chi connectivity index (χ0n) is 7.44. The summed E-state index contributed by atoms with van der Waals surface area (Å²) in [5.41, 5.74) is 0.893. The smallest absolute Gasteiger partial charge is 0.337 e. The minimum Gasteiger partial charge on any atom is -0.508 e. The van der Waals surface area contributed by atoms with Crippen LogP contribution in [0.3, 0.4) is 0 Å². The molecule has 0 fully saturated rings. The fraction of sp³-hybridized carbons (Fsp3) is 0.100. The van der Waals surface area contributed by atoms with E-state index < -0.39 is 5.97 Å². The third-order valence-electron chi connectivity index (χ3n) is 2.21. The first kappa shape index (κ1) is 9.02. The van der Waals surface area contributed by atoms with Gasteiger partial charge in [0.05, 0.1) is 5.56 Å². The summed E-state index contributed by atoms with van der Waals surface area (Å²) >= 11 is 1.37. The predicted molar refractivity (Wildman–Crippen MR) is 55.2 cm³/mol. The summed E-state index contributed by atoms with van der Waals surface area (Å²) in [6, 6.07) is 3.12. The minimum absolute atomic E-state index is 0.0355. The maximum Gasteiger partial charge on any atom is 0.337 e. The Hall–Kier alpha value is -1.55. The minimum atomic E-state index is -1.01. The highest BCUT2D eigenvalue weighted by Gasteiger charge is 2.14. The number of aromatic carboxylic acids is 1. The van der Waals surface area contributed by atoms with E-state index in [2.05, 4.69) is 0 Å². The van der Waals surface area contributed by atoms with Crippen molar-refractivity contribution in [3.63, 3.8) is 0 Å². The van der Waals surface area contributed by atoms with Crippen LogP contribution in [0.25, 0.3) is 10.1 Å². The van der Waals surface area contributed by atoms with Crippen LogP contribution in [0.2, 0.25) is 0 Å². The summed E-state index contributed by atoms with van der Waals surface area (Å²) in [6.45, 7) is 1.77. The molecule has 0 spiro atoms. The van der Waals surface area contributed by atoms with Crippen LogP contribution in [0.4, 0.5) is 0 Å². The summed E-state index contributed by atoms with van der Waals surface area (Å²) in [6.07, 6.45) is 0. The normalized spacial score (nSPS) is 10.6. The Morgan fingerprint density at radius 2 is 2.21 bits per heavy atom. The lowest BCUT2D eigenvalue weighted by Crippen LogP contribution is -1.96. The van der Waals surface area contributed by atoms with Crippen LogP contribution in [0.15, 0.2) is 17.5 Å². The highest BCUT2D eigenvalue weighted by molar-refractivity contribution is 7.17. The Morgan fingerprint density at radius 1 is 1.50 bits per heavy atom. The Labute approximate surface area is 84.2 Å². The van der Waals surface area contributed by atoms with Gasteiger partial charge in [-0.15, -0.1) is 11.3 Å². The number of phenolic OH excluding ortho intramolecular Hbond substituents is 1. The van der Waals surface area contributed by atoms with E-state index in [4.69, 9.17) is 5.11 Å². The van der Waals surface area contributed by atoms with Gasteiger partial charge in [-0.25, -0.2) is 4.79 Å². The molecule has 2 aromatic rings. The molecule has 1 aromatic carbocycles. The molecule has 0 bridgehead atoms. The molecule has 4 heteroatoms. The lowest BCUT2D eigenvalue weighted by atomic mass is 10.1. The number of phenols is 1. The SMILES string of the molecule is Cc1c(O)cc(C(=O)O)c2sccc12. The first-order valence-corrected chi connectivity index (χ1v) is 4.92. The summed E-state index contributed by atoms with van der Waals surface area (Å²) < 4.78 is 0.716. The van der Waals surface area contributed by atoms with Gasteiger partial charge >= 0.3 is 5.97 Å². The zero-order chi connectivity index (χ0) is 10.3. The van der Waals surface area contributed by atoms with E-state index in [1.165, 1.54) is 17.4 Å². The maximum absolute atomic E-state index is 10.9. The molecule has 1 heterocycles. The molecule has 0 atom stereocenters. The summed E-state index contributed by atoms with van der Waals surface area (Å²) in [7, 11) is 0. The molecule has 0 amide bonds. The summed E-state index contributed by atoms with van der Waals surface area (Å²) in [5, 5.41) is 21.1. The Bertz CT molecular complexity index is 513. The molecule has 0 aliphatic carbocycles. The fourth-order valence-corrected chi connectivity index (χ4v) is 2.38. The quantitative estimate of drug-likeness (QED) is 0.757. The number of benzene rings is 1. The highest BCUT2D eigenvalue weighted by Crippen LogP contribution is 2.33. The van der Waals surface area contributed by atoms with Crippen molar-refractivity contribution in [1.29, 1.82) is 0 Å². The topological polar surface area (TPSA) is 57.5 Å². The number of aromatic hydroxyl groups is 1. The van der Waals surface area contributed by atoms with Crippen molar-refractivity contribution < 1.29 is 15.0 Å². The standard InChI is InChI=1S/C10H8O3S/c1-5-6-2-3-14-9(6)7(10(12)13)4-8(5)11/h2-4,11H,1H3,(H,12,13). The molecule has 0 unspecified atom stereocenters. The highest BCUT2D eigenvalue weighted by atomic mass is 32.1. The molecule has 0 aliphatic rings. The Balaban J connectivity index is 2.91. The van der Waals surface area contributed by atoms with Gasteiger partial charge in [-0.05, 0) is 35.4 Å². The molecule has 2 rings (SSSR count). The number of thiophene rings is 1. The predicted octanol–water partition coefficient (Wildman–Crippen LogP) is 2.61. The molecule has 2 N–H and O–H groups in total. The zero-order valence-corrected chi connectivity index (χ0v) is 8.26. The van der Waals surface area contributed by atoms with Gasteiger partial charge in [0.2, 0.25) is 0 Å². The van der Waals surface area contributed by atoms with Crippen LogP contribution >= 0.6 is 11.3 Å². The average Bonchev–Trinajstić information content (AvgIpc) is 2.59. The molecule has 72 valence electrons. The average molecular weight is 208 g/mol. The first-order chi connectivity index (χ1) is 6.61. The fourth-order valence-electron chi connectivity index (χ4n) is 1.42. The molecule has 1 aromatic heterocycles. The van der Waals surface area contributed by atoms with Crippen molar-refractivity contribution in [2.75, 3.05) is 0 Å². The molecular formula is C10H8O3S. The van der Waals surface area contributed by atoms with Crippen LogP contribution in [-0.4, -0.2) is 16.2 Å². The van der Waals surface area contributed by atoms with Crippen LogP contribution in [0, 0.1) is 6.92 Å². The van der Waals surface area contributed by atoms with Crippen molar-refractivity contribution in [3.05, 3.63) is 28.6 Å². The van der Waals surface area contributed by atoms with E-state index in [-0.39, 0.29) is 11.3 Å². The molecule has 0 saturated carbocycles. The third-order valence-corrected chi connectivity index (χ3v) is 3.16. The molecular weight excluding hydrogens is 200 g/mol. The van der Waals surface area contributed by atoms with Gasteiger partial charge < -0.3 is 10.2 Å². The van der Waals surface area contributed by atoms with Crippen molar-refractivity contribution in [1.82, 2.24) is 0 Å². The van der Waals surface area contributed by atoms with Crippen molar-refractivity contribution >= 4 is 27.4 Å².